The molecule has 0 aromatic rings. The van der Waals surface area contributed by atoms with Gasteiger partial charge in [-0.2, -0.15) is 0 Å². The molecule has 0 spiro atoms. The third-order valence-corrected chi connectivity index (χ3v) is 4.82. The van der Waals surface area contributed by atoms with Crippen LogP contribution in [0.25, 0.3) is 0 Å². The maximum atomic E-state index is 11.0. The lowest BCUT2D eigenvalue weighted by molar-refractivity contribution is -0.141. The molecule has 2 rings (SSSR count). The molecular formula is C16H31N3O2. The summed E-state index contributed by atoms with van der Waals surface area (Å²) in [6.45, 7) is 11.7. The van der Waals surface area contributed by atoms with Crippen molar-refractivity contribution in [3.8, 4) is 0 Å². The van der Waals surface area contributed by atoms with Gasteiger partial charge in [0, 0.05) is 32.7 Å². The van der Waals surface area contributed by atoms with Crippen LogP contribution >= 0.6 is 0 Å². The van der Waals surface area contributed by atoms with Crippen LogP contribution in [0, 0.1) is 5.92 Å². The molecule has 2 fully saturated rings. The molecule has 0 saturated carbocycles. The standard InChI is InChI=1S/C16H31N3O2/c1-15(16(20)21)14-19-9-5-8-18(12-13-19)11-10-17-6-3-2-4-7-17/h15H,2-14H2,1H3,(H,20,21). The SMILES string of the molecule is CC(CN1CCCN(CCN2CCCCC2)CC1)C(=O)O. The summed E-state index contributed by atoms with van der Waals surface area (Å²) in [6, 6.07) is 0. The number of hydrogen-bond donors (Lipinski definition) is 1. The number of carboxylic acids is 1. The molecule has 2 saturated heterocycles. The average molecular weight is 297 g/mol. The summed E-state index contributed by atoms with van der Waals surface area (Å²) >= 11 is 0. The van der Waals surface area contributed by atoms with E-state index in [1.54, 1.807) is 6.92 Å². The zero-order valence-corrected chi connectivity index (χ0v) is 13.5. The molecule has 0 amide bonds. The second kappa shape index (κ2) is 8.71. The van der Waals surface area contributed by atoms with Crippen LogP contribution in [-0.4, -0.2) is 84.7 Å². The summed E-state index contributed by atoms with van der Waals surface area (Å²) in [5, 5.41) is 9.02. The highest BCUT2D eigenvalue weighted by molar-refractivity contribution is 5.69. The van der Waals surface area contributed by atoms with Crippen molar-refractivity contribution >= 4 is 5.97 Å². The zero-order chi connectivity index (χ0) is 15.1. The third kappa shape index (κ3) is 5.93. The van der Waals surface area contributed by atoms with Crippen molar-refractivity contribution in [2.45, 2.75) is 32.6 Å². The van der Waals surface area contributed by atoms with E-state index >= 15 is 0 Å². The van der Waals surface area contributed by atoms with E-state index in [1.165, 1.54) is 45.4 Å². The fraction of sp³-hybridized carbons (Fsp3) is 0.938. The van der Waals surface area contributed by atoms with Crippen LogP contribution in [0.4, 0.5) is 0 Å². The van der Waals surface area contributed by atoms with Crippen LogP contribution in [-0.2, 0) is 4.79 Å². The van der Waals surface area contributed by atoms with Crippen molar-refractivity contribution in [3.63, 3.8) is 0 Å². The second-order valence-corrected chi connectivity index (χ2v) is 6.64. The first-order valence-corrected chi connectivity index (χ1v) is 8.55. The molecule has 2 aliphatic rings. The van der Waals surface area contributed by atoms with Crippen molar-refractivity contribution in [3.05, 3.63) is 0 Å². The Balaban J connectivity index is 1.66. The van der Waals surface area contributed by atoms with Crippen LogP contribution in [0.5, 0.6) is 0 Å². The number of hydrogen-bond acceptors (Lipinski definition) is 4. The number of carboxylic acid groups (broad SMARTS) is 1. The Hall–Kier alpha value is -0.650. The summed E-state index contributed by atoms with van der Waals surface area (Å²) < 4.78 is 0. The molecule has 5 nitrogen and oxygen atoms in total. The Morgan fingerprint density at radius 3 is 2.05 bits per heavy atom. The predicted octanol–water partition coefficient (Wildman–Crippen LogP) is 1.20. The van der Waals surface area contributed by atoms with Crippen molar-refractivity contribution in [1.82, 2.24) is 14.7 Å². The Morgan fingerprint density at radius 2 is 1.38 bits per heavy atom. The van der Waals surface area contributed by atoms with E-state index in [4.69, 9.17) is 5.11 Å². The number of rotatable bonds is 6. The highest BCUT2D eigenvalue weighted by atomic mass is 16.4. The lowest BCUT2D eigenvalue weighted by Crippen LogP contribution is -2.39. The van der Waals surface area contributed by atoms with Gasteiger partial charge in [0.25, 0.3) is 0 Å². The van der Waals surface area contributed by atoms with Crippen LogP contribution in [0.1, 0.15) is 32.6 Å². The summed E-state index contributed by atoms with van der Waals surface area (Å²) in [5.74, 6) is -0.939. The van der Waals surface area contributed by atoms with E-state index in [0.717, 1.165) is 32.6 Å². The first-order valence-electron chi connectivity index (χ1n) is 8.55. The van der Waals surface area contributed by atoms with Gasteiger partial charge in [-0.05, 0) is 45.4 Å². The molecule has 0 aliphatic carbocycles. The van der Waals surface area contributed by atoms with Gasteiger partial charge in [-0.15, -0.1) is 0 Å². The van der Waals surface area contributed by atoms with Gasteiger partial charge in [-0.25, -0.2) is 0 Å². The largest absolute Gasteiger partial charge is 0.481 e. The van der Waals surface area contributed by atoms with Crippen LogP contribution in [0.2, 0.25) is 0 Å². The van der Waals surface area contributed by atoms with E-state index in [0.29, 0.717) is 6.54 Å². The average Bonchev–Trinajstić information content (AvgIpc) is 2.71. The number of likely N-dealkylation sites (tertiary alicyclic amines) is 1. The molecule has 0 aromatic heterocycles. The molecule has 1 unspecified atom stereocenters. The normalized spacial score (nSPS) is 24.6. The smallest absolute Gasteiger partial charge is 0.307 e. The van der Waals surface area contributed by atoms with E-state index < -0.39 is 5.97 Å². The van der Waals surface area contributed by atoms with Crippen LogP contribution in [0.15, 0.2) is 0 Å². The van der Waals surface area contributed by atoms with Gasteiger partial charge >= 0.3 is 5.97 Å². The maximum Gasteiger partial charge on any atom is 0.307 e. The van der Waals surface area contributed by atoms with Crippen LogP contribution in [0.3, 0.4) is 0 Å². The Kier molecular flexibility index (Phi) is 6.93. The molecule has 2 heterocycles. The van der Waals surface area contributed by atoms with Crippen molar-refractivity contribution in [1.29, 1.82) is 0 Å². The molecule has 5 heteroatoms. The molecule has 0 aromatic carbocycles. The predicted molar refractivity (Wildman–Crippen MR) is 84.6 cm³/mol. The van der Waals surface area contributed by atoms with Crippen molar-refractivity contribution in [2.75, 3.05) is 58.9 Å². The molecule has 0 bridgehead atoms. The summed E-state index contributed by atoms with van der Waals surface area (Å²) in [4.78, 5) is 18.4. The van der Waals surface area contributed by atoms with Crippen LogP contribution < -0.4 is 0 Å². The molecule has 21 heavy (non-hydrogen) atoms. The topological polar surface area (TPSA) is 47.0 Å². The number of carbonyl (C=O) groups is 1. The van der Waals surface area contributed by atoms with E-state index in [1.807, 2.05) is 0 Å². The van der Waals surface area contributed by atoms with Crippen molar-refractivity contribution in [2.24, 2.45) is 5.92 Å². The van der Waals surface area contributed by atoms with Crippen molar-refractivity contribution < 1.29 is 9.90 Å². The minimum atomic E-state index is -0.679. The third-order valence-electron chi connectivity index (χ3n) is 4.82. The molecular weight excluding hydrogens is 266 g/mol. The van der Waals surface area contributed by atoms with E-state index in [9.17, 15) is 4.79 Å². The first-order chi connectivity index (χ1) is 10.1. The fourth-order valence-corrected chi connectivity index (χ4v) is 3.36. The Morgan fingerprint density at radius 1 is 0.857 bits per heavy atom. The highest BCUT2D eigenvalue weighted by Gasteiger charge is 2.20. The maximum absolute atomic E-state index is 11.0. The second-order valence-electron chi connectivity index (χ2n) is 6.64. The van der Waals surface area contributed by atoms with E-state index in [-0.39, 0.29) is 5.92 Å². The minimum absolute atomic E-state index is 0.259. The number of piperidine rings is 1. The van der Waals surface area contributed by atoms with Gasteiger partial charge in [0.05, 0.1) is 5.92 Å². The van der Waals surface area contributed by atoms with Gasteiger partial charge in [0.2, 0.25) is 0 Å². The number of aliphatic carboxylic acids is 1. The molecule has 0 radical (unpaired) electrons. The lowest BCUT2D eigenvalue weighted by Gasteiger charge is -2.29. The summed E-state index contributed by atoms with van der Waals surface area (Å²) in [7, 11) is 0. The summed E-state index contributed by atoms with van der Waals surface area (Å²) in [5.41, 5.74) is 0. The quantitative estimate of drug-likeness (QED) is 0.798. The van der Waals surface area contributed by atoms with Gasteiger partial charge in [0.15, 0.2) is 0 Å². The zero-order valence-electron chi connectivity index (χ0n) is 13.5. The van der Waals surface area contributed by atoms with Gasteiger partial charge < -0.3 is 19.8 Å². The lowest BCUT2D eigenvalue weighted by atomic mass is 10.1. The Bertz CT molecular complexity index is 319. The molecule has 2 aliphatic heterocycles. The Labute approximate surface area is 128 Å². The summed E-state index contributed by atoms with van der Waals surface area (Å²) in [6.07, 6.45) is 5.28. The first kappa shape index (κ1) is 16.7. The van der Waals surface area contributed by atoms with E-state index in [2.05, 4.69) is 14.7 Å². The minimum Gasteiger partial charge on any atom is -0.481 e. The molecule has 1 atom stereocenters. The fourth-order valence-electron chi connectivity index (χ4n) is 3.36. The molecule has 1 N–H and O–H groups in total. The number of nitrogens with zero attached hydrogens (tertiary/aromatic N) is 3. The van der Waals surface area contributed by atoms with Gasteiger partial charge in [0.1, 0.15) is 0 Å². The molecule has 122 valence electrons. The monoisotopic (exact) mass is 297 g/mol. The highest BCUT2D eigenvalue weighted by Crippen LogP contribution is 2.10. The van der Waals surface area contributed by atoms with Gasteiger partial charge in [-0.3, -0.25) is 4.79 Å². The van der Waals surface area contributed by atoms with Gasteiger partial charge in [-0.1, -0.05) is 13.3 Å².